The van der Waals surface area contributed by atoms with Crippen molar-refractivity contribution in [1.82, 2.24) is 0 Å². The van der Waals surface area contributed by atoms with Gasteiger partial charge in [-0.3, -0.25) is 0 Å². The lowest BCUT2D eigenvalue weighted by atomic mass is 10.1. The quantitative estimate of drug-likeness (QED) is 0.483. The predicted octanol–water partition coefficient (Wildman–Crippen LogP) is 5.15. The SMILES string of the molecule is C#CCCc1sc(Cl)c(Br)c1C(OC(C)(C)C)C(=O)OCC. The second-order valence-electron chi connectivity index (χ2n) is 5.59. The Kier molecular flexibility index (Phi) is 7.40. The van der Waals surface area contributed by atoms with Gasteiger partial charge in [-0.2, -0.15) is 0 Å². The van der Waals surface area contributed by atoms with Crippen LogP contribution in [0.15, 0.2) is 4.47 Å². The van der Waals surface area contributed by atoms with Crippen LogP contribution in [0.3, 0.4) is 0 Å². The summed E-state index contributed by atoms with van der Waals surface area (Å²) in [7, 11) is 0. The summed E-state index contributed by atoms with van der Waals surface area (Å²) in [5.74, 6) is 2.18. The van der Waals surface area contributed by atoms with Gasteiger partial charge in [0.05, 0.1) is 16.7 Å². The molecule has 0 bridgehead atoms. The third-order valence-corrected chi connectivity index (χ3v) is 5.44. The van der Waals surface area contributed by atoms with Crippen LogP contribution in [0.5, 0.6) is 0 Å². The molecule has 1 atom stereocenters. The van der Waals surface area contributed by atoms with Gasteiger partial charge in [-0.1, -0.05) is 11.6 Å². The van der Waals surface area contributed by atoms with E-state index >= 15 is 0 Å². The minimum atomic E-state index is -0.828. The number of aryl methyl sites for hydroxylation is 1. The van der Waals surface area contributed by atoms with E-state index in [0.717, 1.165) is 10.4 Å². The van der Waals surface area contributed by atoms with Gasteiger partial charge in [0, 0.05) is 16.9 Å². The van der Waals surface area contributed by atoms with Crippen LogP contribution in [-0.4, -0.2) is 18.2 Å². The molecule has 6 heteroatoms. The van der Waals surface area contributed by atoms with Crippen LogP contribution in [0.1, 0.15) is 50.7 Å². The smallest absolute Gasteiger partial charge is 0.340 e. The van der Waals surface area contributed by atoms with Crippen LogP contribution >= 0.6 is 38.9 Å². The van der Waals surface area contributed by atoms with E-state index in [1.807, 2.05) is 20.8 Å². The first-order valence-corrected chi connectivity index (χ1v) is 8.94. The Balaban J connectivity index is 3.28. The summed E-state index contributed by atoms with van der Waals surface area (Å²) in [5.41, 5.74) is 0.216. The van der Waals surface area contributed by atoms with Gasteiger partial charge >= 0.3 is 5.97 Å². The second-order valence-corrected chi connectivity index (χ2v) is 8.09. The number of carbonyl (C=O) groups is 1. The van der Waals surface area contributed by atoms with Gasteiger partial charge < -0.3 is 9.47 Å². The van der Waals surface area contributed by atoms with Crippen molar-refractivity contribution < 1.29 is 14.3 Å². The Morgan fingerprint density at radius 2 is 2.14 bits per heavy atom. The van der Waals surface area contributed by atoms with E-state index in [0.29, 0.717) is 21.7 Å². The number of hydrogen-bond acceptors (Lipinski definition) is 4. The van der Waals surface area contributed by atoms with Crippen LogP contribution in [0, 0.1) is 12.3 Å². The Morgan fingerprint density at radius 1 is 1.50 bits per heavy atom. The maximum atomic E-state index is 12.4. The summed E-state index contributed by atoms with van der Waals surface area (Å²) >= 11 is 11.1. The number of thiophene rings is 1. The molecule has 0 spiro atoms. The molecule has 3 nitrogen and oxygen atoms in total. The molecule has 1 aromatic rings. The molecule has 0 radical (unpaired) electrons. The molecule has 1 aromatic heterocycles. The molecule has 1 heterocycles. The van der Waals surface area contributed by atoms with Gasteiger partial charge in [-0.05, 0) is 50.0 Å². The van der Waals surface area contributed by atoms with Crippen molar-refractivity contribution in [3.05, 3.63) is 19.2 Å². The number of carbonyl (C=O) groups excluding carboxylic acids is 1. The molecule has 0 fully saturated rings. The third-order valence-electron chi connectivity index (χ3n) is 2.65. The van der Waals surface area contributed by atoms with Crippen molar-refractivity contribution in [3.63, 3.8) is 0 Å². The molecule has 0 saturated carbocycles. The minimum Gasteiger partial charge on any atom is -0.464 e. The molecule has 0 saturated heterocycles. The highest BCUT2D eigenvalue weighted by molar-refractivity contribution is 9.10. The highest BCUT2D eigenvalue weighted by Gasteiger charge is 2.33. The molecule has 1 rings (SSSR count). The lowest BCUT2D eigenvalue weighted by Crippen LogP contribution is -2.29. The van der Waals surface area contributed by atoms with Gasteiger partial charge in [-0.15, -0.1) is 23.7 Å². The number of hydrogen-bond donors (Lipinski definition) is 0. The average molecular weight is 408 g/mol. The first-order chi connectivity index (χ1) is 10.2. The fourth-order valence-electron chi connectivity index (χ4n) is 1.87. The summed E-state index contributed by atoms with van der Waals surface area (Å²) in [6, 6.07) is 0. The monoisotopic (exact) mass is 406 g/mol. The van der Waals surface area contributed by atoms with Crippen LogP contribution in [0.2, 0.25) is 4.34 Å². The van der Waals surface area contributed by atoms with Gasteiger partial charge in [0.15, 0.2) is 6.10 Å². The molecule has 122 valence electrons. The standard InChI is InChI=1S/C16H20BrClO3S/c1-6-8-9-10-11(12(17)14(18)22-10)13(15(19)20-7-2)21-16(3,4)5/h1,13H,7-9H2,2-5H3. The maximum Gasteiger partial charge on any atom is 0.340 e. The highest BCUT2D eigenvalue weighted by atomic mass is 79.9. The lowest BCUT2D eigenvalue weighted by molar-refractivity contribution is -0.166. The summed E-state index contributed by atoms with van der Waals surface area (Å²) in [6.45, 7) is 7.73. The molecule has 0 amide bonds. The Bertz CT molecular complexity index is 569. The van der Waals surface area contributed by atoms with Crippen molar-refractivity contribution in [2.45, 2.75) is 52.2 Å². The zero-order chi connectivity index (χ0) is 16.9. The molecule has 0 aliphatic heterocycles. The fourth-order valence-corrected chi connectivity index (χ4v) is 4.01. The second kappa shape index (κ2) is 8.35. The van der Waals surface area contributed by atoms with E-state index in [4.69, 9.17) is 27.5 Å². The number of rotatable bonds is 6. The minimum absolute atomic E-state index is 0.290. The fraction of sp³-hybridized carbons (Fsp3) is 0.562. The number of halogens is 2. The van der Waals surface area contributed by atoms with E-state index in [2.05, 4.69) is 21.9 Å². The summed E-state index contributed by atoms with van der Waals surface area (Å²) in [6.07, 6.45) is 5.73. The molecular weight excluding hydrogens is 388 g/mol. The first-order valence-electron chi connectivity index (χ1n) is 6.95. The van der Waals surface area contributed by atoms with Crippen molar-refractivity contribution in [3.8, 4) is 12.3 Å². The van der Waals surface area contributed by atoms with Crippen LogP contribution < -0.4 is 0 Å². The maximum absolute atomic E-state index is 12.4. The van der Waals surface area contributed by atoms with Crippen LogP contribution in [-0.2, 0) is 20.7 Å². The highest BCUT2D eigenvalue weighted by Crippen LogP contribution is 2.43. The largest absolute Gasteiger partial charge is 0.464 e. The Labute approximate surface area is 149 Å². The molecule has 0 aromatic carbocycles. The molecule has 0 aliphatic carbocycles. The van der Waals surface area contributed by atoms with Gasteiger partial charge in [0.2, 0.25) is 0 Å². The molecular formula is C16H20BrClO3S. The van der Waals surface area contributed by atoms with Crippen LogP contribution in [0.4, 0.5) is 0 Å². The van der Waals surface area contributed by atoms with E-state index in [-0.39, 0.29) is 6.61 Å². The topological polar surface area (TPSA) is 35.5 Å². The molecule has 1 unspecified atom stereocenters. The Hall–Kier alpha value is -0.540. The zero-order valence-corrected chi connectivity index (χ0v) is 16.3. The third kappa shape index (κ3) is 5.27. The van der Waals surface area contributed by atoms with Crippen molar-refractivity contribution >= 4 is 44.8 Å². The zero-order valence-electron chi connectivity index (χ0n) is 13.2. The molecule has 0 N–H and O–H groups in total. The first kappa shape index (κ1) is 19.5. The van der Waals surface area contributed by atoms with Gasteiger partial charge in [0.25, 0.3) is 0 Å². The normalized spacial score (nSPS) is 12.8. The van der Waals surface area contributed by atoms with Crippen LogP contribution in [0.25, 0.3) is 0 Å². The number of terminal acetylenes is 1. The van der Waals surface area contributed by atoms with E-state index in [9.17, 15) is 4.79 Å². The summed E-state index contributed by atoms with van der Waals surface area (Å²) < 4.78 is 12.4. The average Bonchev–Trinajstić information content (AvgIpc) is 2.68. The molecule has 0 aliphatic rings. The van der Waals surface area contributed by atoms with Crippen molar-refractivity contribution in [1.29, 1.82) is 0 Å². The summed E-state index contributed by atoms with van der Waals surface area (Å²) in [4.78, 5) is 13.3. The van der Waals surface area contributed by atoms with Crippen molar-refractivity contribution in [2.24, 2.45) is 0 Å². The summed E-state index contributed by atoms with van der Waals surface area (Å²) in [5, 5.41) is 0. The predicted molar refractivity (Wildman–Crippen MR) is 94.4 cm³/mol. The number of esters is 1. The van der Waals surface area contributed by atoms with E-state index in [1.54, 1.807) is 6.92 Å². The van der Waals surface area contributed by atoms with Gasteiger partial charge in [-0.25, -0.2) is 4.79 Å². The van der Waals surface area contributed by atoms with E-state index < -0.39 is 17.7 Å². The van der Waals surface area contributed by atoms with Crippen molar-refractivity contribution in [2.75, 3.05) is 6.61 Å². The number of ether oxygens (including phenoxy) is 2. The van der Waals surface area contributed by atoms with Gasteiger partial charge in [0.1, 0.15) is 4.34 Å². The molecule has 22 heavy (non-hydrogen) atoms. The van der Waals surface area contributed by atoms with E-state index in [1.165, 1.54) is 11.3 Å². The lowest BCUT2D eigenvalue weighted by Gasteiger charge is -2.27. The Morgan fingerprint density at radius 3 is 2.64 bits per heavy atom.